The fourth-order valence-electron chi connectivity index (χ4n) is 1.13. The molecule has 0 saturated heterocycles. The molecule has 0 aromatic heterocycles. The summed E-state index contributed by atoms with van der Waals surface area (Å²) in [6.45, 7) is 3.44. The first-order valence-corrected chi connectivity index (χ1v) is 3.92. The monoisotopic (exact) mass is 196 g/mol. The largest absolute Gasteiger partial charge is 0.507 e. The summed E-state index contributed by atoms with van der Waals surface area (Å²) in [6, 6.07) is 2.35. The Bertz CT molecular complexity index is 385. The van der Waals surface area contributed by atoms with E-state index in [1.54, 1.807) is 0 Å². The van der Waals surface area contributed by atoms with Crippen LogP contribution >= 0.6 is 0 Å². The first-order chi connectivity index (χ1) is 6.57. The molecule has 0 bridgehead atoms. The van der Waals surface area contributed by atoms with Crippen LogP contribution in [-0.4, -0.2) is 16.2 Å². The van der Waals surface area contributed by atoms with Gasteiger partial charge in [-0.15, -0.1) is 6.58 Å². The minimum Gasteiger partial charge on any atom is -0.507 e. The number of benzene rings is 1. The van der Waals surface area contributed by atoms with Gasteiger partial charge in [0.25, 0.3) is 0 Å². The zero-order chi connectivity index (χ0) is 10.7. The van der Waals surface area contributed by atoms with Crippen LogP contribution in [0.1, 0.15) is 15.9 Å². The van der Waals surface area contributed by atoms with Crippen molar-refractivity contribution in [1.82, 2.24) is 0 Å². The van der Waals surface area contributed by atoms with Gasteiger partial charge in [-0.25, -0.2) is 9.18 Å². The summed E-state index contributed by atoms with van der Waals surface area (Å²) < 4.78 is 13.0. The van der Waals surface area contributed by atoms with E-state index in [1.165, 1.54) is 12.1 Å². The summed E-state index contributed by atoms with van der Waals surface area (Å²) in [4.78, 5) is 10.6. The Labute approximate surface area is 80.1 Å². The van der Waals surface area contributed by atoms with E-state index >= 15 is 0 Å². The van der Waals surface area contributed by atoms with Crippen molar-refractivity contribution < 1.29 is 19.4 Å². The predicted octanol–water partition coefficient (Wildman–Crippen LogP) is 1.96. The molecular weight excluding hydrogens is 187 g/mol. The third-order valence-electron chi connectivity index (χ3n) is 1.79. The average molecular weight is 196 g/mol. The lowest BCUT2D eigenvalue weighted by atomic mass is 10.1. The van der Waals surface area contributed by atoms with Crippen LogP contribution in [0.3, 0.4) is 0 Å². The molecule has 0 fully saturated rings. The SMILES string of the molecule is C=CCc1ccc(F)c(C(=O)O)c1O. The van der Waals surface area contributed by atoms with Crippen LogP contribution in [0.2, 0.25) is 0 Å². The van der Waals surface area contributed by atoms with Gasteiger partial charge in [0.15, 0.2) is 0 Å². The second-order valence-corrected chi connectivity index (χ2v) is 2.73. The second kappa shape index (κ2) is 3.91. The van der Waals surface area contributed by atoms with Crippen molar-refractivity contribution in [2.75, 3.05) is 0 Å². The van der Waals surface area contributed by atoms with Crippen molar-refractivity contribution >= 4 is 5.97 Å². The molecule has 0 heterocycles. The number of phenols is 1. The molecule has 74 valence electrons. The smallest absolute Gasteiger partial charge is 0.342 e. The summed E-state index contributed by atoms with van der Waals surface area (Å²) in [7, 11) is 0. The number of rotatable bonds is 3. The van der Waals surface area contributed by atoms with Crippen LogP contribution in [0.15, 0.2) is 24.8 Å². The molecule has 0 aliphatic rings. The predicted molar refractivity (Wildman–Crippen MR) is 48.9 cm³/mol. The first kappa shape index (κ1) is 10.2. The van der Waals surface area contributed by atoms with Gasteiger partial charge < -0.3 is 10.2 Å². The quantitative estimate of drug-likeness (QED) is 0.726. The highest BCUT2D eigenvalue weighted by atomic mass is 19.1. The Morgan fingerprint density at radius 3 is 2.71 bits per heavy atom. The number of carbonyl (C=O) groups is 1. The van der Waals surface area contributed by atoms with Crippen LogP contribution in [0.4, 0.5) is 4.39 Å². The molecule has 2 N–H and O–H groups in total. The number of carboxylic acids is 1. The van der Waals surface area contributed by atoms with Crippen LogP contribution in [0.5, 0.6) is 5.75 Å². The molecule has 1 aromatic carbocycles. The summed E-state index contributed by atoms with van der Waals surface area (Å²) in [5.41, 5.74) is -0.344. The number of carboxylic acid groups (broad SMARTS) is 1. The Balaban J connectivity index is 3.32. The second-order valence-electron chi connectivity index (χ2n) is 2.73. The summed E-state index contributed by atoms with van der Waals surface area (Å²) in [5.74, 6) is -2.95. The molecular formula is C10H9FO3. The molecule has 0 saturated carbocycles. The van der Waals surface area contributed by atoms with Crippen LogP contribution in [-0.2, 0) is 6.42 Å². The highest BCUT2D eigenvalue weighted by Crippen LogP contribution is 2.25. The van der Waals surface area contributed by atoms with Gasteiger partial charge in [-0.2, -0.15) is 0 Å². The molecule has 14 heavy (non-hydrogen) atoms. The number of halogens is 1. The van der Waals surface area contributed by atoms with E-state index in [4.69, 9.17) is 5.11 Å². The summed E-state index contributed by atoms with van der Waals surface area (Å²) in [5, 5.41) is 18.0. The molecule has 1 rings (SSSR count). The maximum Gasteiger partial charge on any atom is 0.342 e. The van der Waals surface area contributed by atoms with E-state index in [0.717, 1.165) is 6.07 Å². The number of hydrogen-bond donors (Lipinski definition) is 2. The van der Waals surface area contributed by atoms with Gasteiger partial charge in [0.2, 0.25) is 0 Å². The van der Waals surface area contributed by atoms with Crippen LogP contribution in [0.25, 0.3) is 0 Å². The third kappa shape index (κ3) is 1.74. The van der Waals surface area contributed by atoms with Crippen molar-refractivity contribution in [2.45, 2.75) is 6.42 Å². The Hall–Kier alpha value is -1.84. The third-order valence-corrected chi connectivity index (χ3v) is 1.79. The Kier molecular flexibility index (Phi) is 2.86. The van der Waals surface area contributed by atoms with Crippen molar-refractivity contribution in [2.24, 2.45) is 0 Å². The van der Waals surface area contributed by atoms with Gasteiger partial charge in [-0.05, 0) is 18.1 Å². The van der Waals surface area contributed by atoms with Gasteiger partial charge in [-0.3, -0.25) is 0 Å². The van der Waals surface area contributed by atoms with Gasteiger partial charge in [0, 0.05) is 0 Å². The van der Waals surface area contributed by atoms with E-state index in [9.17, 15) is 14.3 Å². The first-order valence-electron chi connectivity index (χ1n) is 3.92. The number of hydrogen-bond acceptors (Lipinski definition) is 2. The maximum atomic E-state index is 13.0. The minimum atomic E-state index is -1.48. The summed E-state index contributed by atoms with van der Waals surface area (Å²) in [6.07, 6.45) is 1.80. The lowest BCUT2D eigenvalue weighted by Crippen LogP contribution is -2.02. The van der Waals surface area contributed by atoms with Crippen LogP contribution in [0, 0.1) is 5.82 Å². The molecule has 0 spiro atoms. The zero-order valence-electron chi connectivity index (χ0n) is 7.33. The van der Waals surface area contributed by atoms with Gasteiger partial charge in [0.1, 0.15) is 17.1 Å². The molecule has 0 unspecified atom stereocenters. The topological polar surface area (TPSA) is 57.5 Å². The molecule has 0 amide bonds. The van der Waals surface area contributed by atoms with Gasteiger partial charge in [-0.1, -0.05) is 12.1 Å². The Morgan fingerprint density at radius 2 is 2.21 bits per heavy atom. The normalized spacial score (nSPS) is 9.79. The van der Waals surface area contributed by atoms with Gasteiger partial charge in [0.05, 0.1) is 0 Å². The molecule has 1 aromatic rings. The van der Waals surface area contributed by atoms with Gasteiger partial charge >= 0.3 is 5.97 Å². The van der Waals surface area contributed by atoms with Crippen molar-refractivity contribution in [1.29, 1.82) is 0 Å². The number of aromatic carboxylic acids is 1. The fraction of sp³-hybridized carbons (Fsp3) is 0.100. The Morgan fingerprint density at radius 1 is 1.57 bits per heavy atom. The lowest BCUT2D eigenvalue weighted by molar-refractivity contribution is 0.0688. The molecule has 3 nitrogen and oxygen atoms in total. The zero-order valence-corrected chi connectivity index (χ0v) is 7.33. The van der Waals surface area contributed by atoms with E-state index in [1.807, 2.05) is 0 Å². The van der Waals surface area contributed by atoms with E-state index in [-0.39, 0.29) is 0 Å². The van der Waals surface area contributed by atoms with Crippen molar-refractivity contribution in [3.05, 3.63) is 41.7 Å². The maximum absolute atomic E-state index is 13.0. The van der Waals surface area contributed by atoms with E-state index in [2.05, 4.69) is 6.58 Å². The highest BCUT2D eigenvalue weighted by molar-refractivity contribution is 5.91. The van der Waals surface area contributed by atoms with Crippen molar-refractivity contribution in [3.8, 4) is 5.75 Å². The summed E-state index contributed by atoms with van der Waals surface area (Å²) >= 11 is 0. The minimum absolute atomic E-state index is 0.298. The highest BCUT2D eigenvalue weighted by Gasteiger charge is 2.18. The van der Waals surface area contributed by atoms with Crippen molar-refractivity contribution in [3.63, 3.8) is 0 Å². The molecule has 4 heteroatoms. The van der Waals surface area contributed by atoms with E-state index < -0.39 is 23.1 Å². The fourth-order valence-corrected chi connectivity index (χ4v) is 1.13. The number of allylic oxidation sites excluding steroid dienone is 1. The van der Waals surface area contributed by atoms with E-state index in [0.29, 0.717) is 12.0 Å². The number of aromatic hydroxyl groups is 1. The van der Waals surface area contributed by atoms with Crippen LogP contribution < -0.4 is 0 Å². The average Bonchev–Trinajstić information content (AvgIpc) is 2.10. The lowest BCUT2D eigenvalue weighted by Gasteiger charge is -2.05. The molecule has 0 aliphatic carbocycles. The standard InChI is InChI=1S/C10H9FO3/c1-2-3-6-4-5-7(11)8(9(6)12)10(13)14/h2,4-5,12H,1,3H2,(H,13,14). The molecule has 0 atom stereocenters. The molecule has 0 radical (unpaired) electrons. The molecule has 0 aliphatic heterocycles.